The predicted molar refractivity (Wildman–Crippen MR) is 83.2 cm³/mol. The van der Waals surface area contributed by atoms with Crippen molar-refractivity contribution in [2.24, 2.45) is 5.73 Å². The summed E-state index contributed by atoms with van der Waals surface area (Å²) < 4.78 is 4.59. The maximum Gasteiger partial charge on any atom is 0.404 e. The van der Waals surface area contributed by atoms with Gasteiger partial charge in [0.2, 0.25) is 11.8 Å². The minimum absolute atomic E-state index is 0.133. The molecule has 1 aromatic rings. The van der Waals surface area contributed by atoms with E-state index in [2.05, 4.69) is 25.3 Å². The number of aromatic nitrogens is 2. The Kier molecular flexibility index (Phi) is 5.89. The van der Waals surface area contributed by atoms with Crippen LogP contribution in [0.4, 0.5) is 22.2 Å². The zero-order valence-corrected chi connectivity index (χ0v) is 12.7. The standard InChI is InChI=1S/C13H20N6O4/c14-12(20)23-7-3-6-15-11-10(19(21)22)8-16-13(18-11)17-9-4-1-2-5-9/h8-9H,1-7H2,(H2,14,20)(H2,15,16,17,18). The zero-order chi connectivity index (χ0) is 16.7. The summed E-state index contributed by atoms with van der Waals surface area (Å²) in [6, 6.07) is 0.313. The Morgan fingerprint density at radius 3 is 2.87 bits per heavy atom. The molecule has 0 saturated heterocycles. The second-order valence-corrected chi connectivity index (χ2v) is 5.26. The van der Waals surface area contributed by atoms with Gasteiger partial charge in [-0.25, -0.2) is 9.78 Å². The number of nitro groups is 1. The Balaban J connectivity index is 1.95. The minimum atomic E-state index is -0.846. The van der Waals surface area contributed by atoms with E-state index >= 15 is 0 Å². The van der Waals surface area contributed by atoms with Crippen molar-refractivity contribution >= 4 is 23.5 Å². The summed E-state index contributed by atoms with van der Waals surface area (Å²) in [4.78, 5) is 29.1. The molecule has 10 nitrogen and oxygen atoms in total. The first-order valence-electron chi connectivity index (χ1n) is 7.50. The van der Waals surface area contributed by atoms with Crippen LogP contribution in [-0.2, 0) is 4.74 Å². The van der Waals surface area contributed by atoms with Gasteiger partial charge in [0.25, 0.3) is 0 Å². The maximum absolute atomic E-state index is 11.0. The van der Waals surface area contributed by atoms with Crippen molar-refractivity contribution in [2.45, 2.75) is 38.1 Å². The van der Waals surface area contributed by atoms with Crippen LogP contribution in [0.3, 0.4) is 0 Å². The van der Waals surface area contributed by atoms with Crippen molar-refractivity contribution in [2.75, 3.05) is 23.8 Å². The molecule has 1 fully saturated rings. The highest BCUT2D eigenvalue weighted by molar-refractivity contribution is 5.64. The van der Waals surface area contributed by atoms with Gasteiger partial charge in [-0.15, -0.1) is 0 Å². The molecule has 0 spiro atoms. The number of nitrogens with two attached hydrogens (primary N) is 1. The van der Waals surface area contributed by atoms with Gasteiger partial charge in [-0.05, 0) is 19.3 Å². The van der Waals surface area contributed by atoms with Gasteiger partial charge in [0.1, 0.15) is 6.20 Å². The van der Waals surface area contributed by atoms with Crippen LogP contribution in [-0.4, -0.2) is 40.2 Å². The van der Waals surface area contributed by atoms with Crippen LogP contribution in [0.1, 0.15) is 32.1 Å². The van der Waals surface area contributed by atoms with Gasteiger partial charge in [-0.2, -0.15) is 4.98 Å². The Morgan fingerprint density at radius 1 is 1.48 bits per heavy atom. The SMILES string of the molecule is NC(=O)OCCCNc1nc(NC2CCCC2)ncc1[N+](=O)[O-]. The highest BCUT2D eigenvalue weighted by Crippen LogP contribution is 2.25. The van der Waals surface area contributed by atoms with Crippen molar-refractivity contribution in [1.29, 1.82) is 0 Å². The number of carbonyl (C=O) groups is 1. The molecule has 0 unspecified atom stereocenters. The lowest BCUT2D eigenvalue weighted by Crippen LogP contribution is -2.18. The Labute approximate surface area is 133 Å². The summed E-state index contributed by atoms with van der Waals surface area (Å²) in [6.45, 7) is 0.488. The van der Waals surface area contributed by atoms with E-state index in [0.29, 0.717) is 25.0 Å². The molecule has 10 heteroatoms. The van der Waals surface area contributed by atoms with E-state index in [-0.39, 0.29) is 18.1 Å². The maximum atomic E-state index is 11.0. The fourth-order valence-corrected chi connectivity index (χ4v) is 2.41. The molecule has 0 aliphatic heterocycles. The van der Waals surface area contributed by atoms with Gasteiger partial charge in [-0.1, -0.05) is 12.8 Å². The summed E-state index contributed by atoms with van der Waals surface area (Å²) >= 11 is 0. The zero-order valence-electron chi connectivity index (χ0n) is 12.7. The lowest BCUT2D eigenvalue weighted by Gasteiger charge is -2.13. The highest BCUT2D eigenvalue weighted by atomic mass is 16.6. The van der Waals surface area contributed by atoms with Crippen LogP contribution in [0.2, 0.25) is 0 Å². The monoisotopic (exact) mass is 324 g/mol. The smallest absolute Gasteiger partial charge is 0.404 e. The number of nitrogens with one attached hydrogen (secondary N) is 2. The molecule has 0 bridgehead atoms. The van der Waals surface area contributed by atoms with Crippen molar-refractivity contribution < 1.29 is 14.5 Å². The van der Waals surface area contributed by atoms with Crippen molar-refractivity contribution in [3.8, 4) is 0 Å². The molecule has 1 heterocycles. The van der Waals surface area contributed by atoms with E-state index in [9.17, 15) is 14.9 Å². The molecule has 1 amide bonds. The first kappa shape index (κ1) is 16.7. The first-order chi connectivity index (χ1) is 11.1. The third kappa shape index (κ3) is 5.24. The summed E-state index contributed by atoms with van der Waals surface area (Å²) in [5, 5.41) is 17.1. The minimum Gasteiger partial charge on any atom is -0.450 e. The average Bonchev–Trinajstić information content (AvgIpc) is 2.99. The van der Waals surface area contributed by atoms with Crippen molar-refractivity contribution in [1.82, 2.24) is 9.97 Å². The first-order valence-corrected chi connectivity index (χ1v) is 7.50. The van der Waals surface area contributed by atoms with Crippen LogP contribution < -0.4 is 16.4 Å². The lowest BCUT2D eigenvalue weighted by molar-refractivity contribution is -0.384. The molecule has 0 aromatic carbocycles. The van der Waals surface area contributed by atoms with Crippen LogP contribution in [0.15, 0.2) is 6.20 Å². The van der Waals surface area contributed by atoms with Crippen LogP contribution in [0.25, 0.3) is 0 Å². The van der Waals surface area contributed by atoms with Gasteiger partial charge in [0.05, 0.1) is 11.5 Å². The van der Waals surface area contributed by atoms with E-state index in [4.69, 9.17) is 5.73 Å². The Morgan fingerprint density at radius 2 is 2.22 bits per heavy atom. The van der Waals surface area contributed by atoms with Crippen LogP contribution >= 0.6 is 0 Å². The molecule has 4 N–H and O–H groups in total. The van der Waals surface area contributed by atoms with E-state index in [1.54, 1.807) is 0 Å². The molecule has 0 radical (unpaired) electrons. The summed E-state index contributed by atoms with van der Waals surface area (Å²) in [5.74, 6) is 0.517. The number of amides is 1. The lowest BCUT2D eigenvalue weighted by atomic mass is 10.2. The topological polar surface area (TPSA) is 145 Å². The molecule has 23 heavy (non-hydrogen) atoms. The number of nitrogens with zero attached hydrogens (tertiary/aromatic N) is 3. The van der Waals surface area contributed by atoms with Gasteiger partial charge in [0, 0.05) is 12.6 Å². The van der Waals surface area contributed by atoms with Crippen molar-refractivity contribution in [3.63, 3.8) is 0 Å². The number of carbonyl (C=O) groups excluding carboxylic acids is 1. The van der Waals surface area contributed by atoms with Gasteiger partial charge < -0.3 is 21.1 Å². The van der Waals surface area contributed by atoms with E-state index < -0.39 is 11.0 Å². The van der Waals surface area contributed by atoms with Gasteiger partial charge >= 0.3 is 11.8 Å². The summed E-state index contributed by atoms with van der Waals surface area (Å²) in [7, 11) is 0. The number of hydrogen-bond acceptors (Lipinski definition) is 8. The molecule has 1 aliphatic carbocycles. The molecular formula is C13H20N6O4. The average molecular weight is 324 g/mol. The number of anilines is 2. The number of rotatable bonds is 8. The molecule has 126 valence electrons. The number of hydrogen-bond donors (Lipinski definition) is 3. The van der Waals surface area contributed by atoms with Crippen LogP contribution in [0, 0.1) is 10.1 Å². The summed E-state index contributed by atoms with van der Waals surface area (Å²) in [5.41, 5.74) is 4.65. The number of ether oxygens (including phenoxy) is 1. The second-order valence-electron chi connectivity index (χ2n) is 5.26. The van der Waals surface area contributed by atoms with Crippen LogP contribution in [0.5, 0.6) is 0 Å². The fourth-order valence-electron chi connectivity index (χ4n) is 2.41. The molecular weight excluding hydrogens is 304 g/mol. The molecule has 2 rings (SSSR count). The molecule has 1 saturated carbocycles. The molecule has 1 aliphatic rings. The second kappa shape index (κ2) is 8.11. The molecule has 1 aromatic heterocycles. The van der Waals surface area contributed by atoms with E-state index in [0.717, 1.165) is 25.7 Å². The van der Waals surface area contributed by atoms with E-state index in [1.807, 2.05) is 0 Å². The van der Waals surface area contributed by atoms with Gasteiger partial charge in [0.15, 0.2) is 0 Å². The third-order valence-electron chi connectivity index (χ3n) is 3.51. The predicted octanol–water partition coefficient (Wildman–Crippen LogP) is 1.64. The quantitative estimate of drug-likeness (QED) is 0.371. The largest absolute Gasteiger partial charge is 0.450 e. The van der Waals surface area contributed by atoms with Gasteiger partial charge in [-0.3, -0.25) is 10.1 Å². The molecule has 0 atom stereocenters. The third-order valence-corrected chi connectivity index (χ3v) is 3.51. The summed E-state index contributed by atoms with van der Waals surface area (Å²) in [6.07, 6.45) is 5.22. The normalized spacial score (nSPS) is 14.4. The van der Waals surface area contributed by atoms with Crippen molar-refractivity contribution in [3.05, 3.63) is 16.3 Å². The Hall–Kier alpha value is -2.65. The number of primary amides is 1. The Bertz CT molecular complexity index is 561. The van der Waals surface area contributed by atoms with E-state index in [1.165, 1.54) is 6.20 Å². The highest BCUT2D eigenvalue weighted by Gasteiger charge is 2.20. The fraction of sp³-hybridized carbons (Fsp3) is 0.615.